The third-order valence-corrected chi connectivity index (χ3v) is 4.86. The number of rotatable bonds is 3. The fraction of sp³-hybridized carbons (Fsp3) is 0.235. The first-order chi connectivity index (χ1) is 11.1. The number of aromatic hydroxyl groups is 1. The molecule has 4 nitrogen and oxygen atoms in total. The molecule has 0 saturated carbocycles. The van der Waals surface area contributed by atoms with Gasteiger partial charge >= 0.3 is 0 Å². The molecule has 3 rings (SSSR count). The SMILES string of the molecule is Oc1c(Br)cc(Br)cc1/C=N/N1CCN(c2ccccc2)CC1. The number of halogens is 2. The molecule has 0 bridgehead atoms. The summed E-state index contributed by atoms with van der Waals surface area (Å²) in [4.78, 5) is 2.36. The van der Waals surface area contributed by atoms with Crippen LogP contribution in [-0.2, 0) is 0 Å². The second-order valence-corrected chi connectivity index (χ2v) is 7.12. The van der Waals surface area contributed by atoms with E-state index in [1.807, 2.05) is 23.2 Å². The Morgan fingerprint density at radius 2 is 1.70 bits per heavy atom. The molecule has 1 N–H and O–H groups in total. The van der Waals surface area contributed by atoms with Gasteiger partial charge < -0.3 is 10.0 Å². The van der Waals surface area contributed by atoms with Gasteiger partial charge in [-0.1, -0.05) is 34.1 Å². The zero-order valence-corrected chi connectivity index (χ0v) is 15.7. The van der Waals surface area contributed by atoms with E-state index in [0.717, 1.165) is 30.7 Å². The van der Waals surface area contributed by atoms with E-state index < -0.39 is 0 Å². The number of benzene rings is 2. The van der Waals surface area contributed by atoms with Crippen molar-refractivity contribution < 1.29 is 5.11 Å². The Bertz CT molecular complexity index is 698. The minimum atomic E-state index is 0.208. The van der Waals surface area contributed by atoms with Crippen molar-refractivity contribution in [2.24, 2.45) is 5.10 Å². The van der Waals surface area contributed by atoms with Gasteiger partial charge in [0.05, 0.1) is 23.8 Å². The number of phenolic OH excluding ortho intramolecular Hbond substituents is 1. The Morgan fingerprint density at radius 1 is 1.00 bits per heavy atom. The second-order valence-electron chi connectivity index (χ2n) is 5.35. The van der Waals surface area contributed by atoms with Crippen molar-refractivity contribution in [2.75, 3.05) is 31.1 Å². The molecule has 0 atom stereocenters. The fourth-order valence-corrected chi connectivity index (χ4v) is 3.79. The Balaban J connectivity index is 1.63. The summed E-state index contributed by atoms with van der Waals surface area (Å²) in [5.41, 5.74) is 1.95. The molecule has 2 aromatic carbocycles. The van der Waals surface area contributed by atoms with Gasteiger partial charge in [-0.05, 0) is 40.2 Å². The number of hydrogen-bond donors (Lipinski definition) is 1. The summed E-state index contributed by atoms with van der Waals surface area (Å²) in [6.07, 6.45) is 1.71. The zero-order valence-electron chi connectivity index (χ0n) is 12.5. The highest BCUT2D eigenvalue weighted by atomic mass is 79.9. The number of hydrazone groups is 1. The van der Waals surface area contributed by atoms with Crippen molar-refractivity contribution in [3.63, 3.8) is 0 Å². The predicted molar refractivity (Wildman–Crippen MR) is 101 cm³/mol. The van der Waals surface area contributed by atoms with Gasteiger partial charge in [0.15, 0.2) is 0 Å². The van der Waals surface area contributed by atoms with Crippen LogP contribution in [0.3, 0.4) is 0 Å². The molecule has 1 saturated heterocycles. The third kappa shape index (κ3) is 4.06. The lowest BCUT2D eigenvalue weighted by Crippen LogP contribution is -2.44. The van der Waals surface area contributed by atoms with Gasteiger partial charge in [-0.25, -0.2) is 0 Å². The average Bonchev–Trinajstić information content (AvgIpc) is 2.58. The van der Waals surface area contributed by atoms with E-state index >= 15 is 0 Å². The molecule has 0 aliphatic carbocycles. The molecular formula is C17H17Br2N3O. The number of hydrogen-bond acceptors (Lipinski definition) is 4. The lowest BCUT2D eigenvalue weighted by atomic mass is 10.2. The van der Waals surface area contributed by atoms with Crippen molar-refractivity contribution >= 4 is 43.8 Å². The highest BCUT2D eigenvalue weighted by molar-refractivity contribution is 9.11. The second kappa shape index (κ2) is 7.36. The Hall–Kier alpha value is -1.53. The molecule has 0 unspecified atom stereocenters. The smallest absolute Gasteiger partial charge is 0.138 e. The molecule has 23 heavy (non-hydrogen) atoms. The van der Waals surface area contributed by atoms with Crippen molar-refractivity contribution in [3.05, 3.63) is 57.0 Å². The number of para-hydroxylation sites is 1. The summed E-state index contributed by atoms with van der Waals surface area (Å²) < 4.78 is 1.56. The minimum Gasteiger partial charge on any atom is -0.506 e. The van der Waals surface area contributed by atoms with Crippen LogP contribution in [0, 0.1) is 0 Å². The van der Waals surface area contributed by atoms with E-state index in [4.69, 9.17) is 0 Å². The first-order valence-corrected chi connectivity index (χ1v) is 8.99. The first-order valence-electron chi connectivity index (χ1n) is 7.40. The number of phenols is 1. The molecule has 0 amide bonds. The zero-order chi connectivity index (χ0) is 16.2. The molecule has 120 valence electrons. The van der Waals surface area contributed by atoms with Gasteiger partial charge in [-0.3, -0.25) is 5.01 Å². The number of piperazine rings is 1. The topological polar surface area (TPSA) is 39.1 Å². The monoisotopic (exact) mass is 437 g/mol. The molecule has 1 heterocycles. The van der Waals surface area contributed by atoms with E-state index in [-0.39, 0.29) is 5.75 Å². The van der Waals surface area contributed by atoms with Gasteiger partial charge in [0.2, 0.25) is 0 Å². The van der Waals surface area contributed by atoms with Crippen molar-refractivity contribution in [3.8, 4) is 5.75 Å². The van der Waals surface area contributed by atoms with E-state index in [2.05, 4.69) is 66.1 Å². The molecule has 0 aromatic heterocycles. The molecule has 0 spiro atoms. The van der Waals surface area contributed by atoms with E-state index in [0.29, 0.717) is 10.0 Å². The molecule has 1 fully saturated rings. The van der Waals surface area contributed by atoms with Gasteiger partial charge in [0, 0.05) is 28.8 Å². The summed E-state index contributed by atoms with van der Waals surface area (Å²) in [6.45, 7) is 3.60. The quantitative estimate of drug-likeness (QED) is 0.734. The van der Waals surface area contributed by atoms with E-state index in [1.54, 1.807) is 6.21 Å². The highest BCUT2D eigenvalue weighted by Crippen LogP contribution is 2.30. The van der Waals surface area contributed by atoms with Crippen LogP contribution >= 0.6 is 31.9 Å². The van der Waals surface area contributed by atoms with Crippen LogP contribution in [0.2, 0.25) is 0 Å². The summed E-state index contributed by atoms with van der Waals surface area (Å²) in [6, 6.07) is 14.1. The maximum Gasteiger partial charge on any atom is 0.138 e. The predicted octanol–water partition coefficient (Wildman–Crippen LogP) is 4.07. The number of nitrogens with zero attached hydrogens (tertiary/aromatic N) is 3. The lowest BCUT2D eigenvalue weighted by Gasteiger charge is -2.34. The molecule has 2 aromatic rings. The normalized spacial score (nSPS) is 15.4. The van der Waals surface area contributed by atoms with E-state index in [1.165, 1.54) is 5.69 Å². The lowest BCUT2D eigenvalue weighted by molar-refractivity contribution is 0.272. The molecule has 1 aliphatic rings. The third-order valence-electron chi connectivity index (χ3n) is 3.80. The summed E-state index contributed by atoms with van der Waals surface area (Å²) in [7, 11) is 0. The van der Waals surface area contributed by atoms with Crippen LogP contribution in [0.4, 0.5) is 5.69 Å². The van der Waals surface area contributed by atoms with Crippen LogP contribution < -0.4 is 4.90 Å². The first kappa shape index (κ1) is 16.3. The standard InChI is InChI=1S/C17H17Br2N3O/c18-14-10-13(17(23)16(19)11-14)12-20-22-8-6-21(7-9-22)15-4-2-1-3-5-15/h1-5,10-12,23H,6-9H2/b20-12+. The minimum absolute atomic E-state index is 0.208. The molecular weight excluding hydrogens is 422 g/mol. The van der Waals surface area contributed by atoms with Crippen molar-refractivity contribution in [2.45, 2.75) is 0 Å². The Kier molecular flexibility index (Phi) is 5.23. The van der Waals surface area contributed by atoms with E-state index in [9.17, 15) is 5.11 Å². The Labute approximate surface area is 152 Å². The summed E-state index contributed by atoms with van der Waals surface area (Å²) in [5, 5.41) is 16.6. The summed E-state index contributed by atoms with van der Waals surface area (Å²) in [5.74, 6) is 0.208. The number of anilines is 1. The van der Waals surface area contributed by atoms with Gasteiger partial charge in [0.25, 0.3) is 0 Å². The van der Waals surface area contributed by atoms with Gasteiger partial charge in [0.1, 0.15) is 5.75 Å². The summed E-state index contributed by atoms with van der Waals surface area (Å²) >= 11 is 6.76. The Morgan fingerprint density at radius 3 is 2.39 bits per heavy atom. The maximum absolute atomic E-state index is 10.1. The van der Waals surface area contributed by atoms with Crippen LogP contribution in [-0.4, -0.2) is 42.5 Å². The largest absolute Gasteiger partial charge is 0.506 e. The average molecular weight is 439 g/mol. The maximum atomic E-state index is 10.1. The van der Waals surface area contributed by atoms with Crippen LogP contribution in [0.15, 0.2) is 56.5 Å². The van der Waals surface area contributed by atoms with Crippen LogP contribution in [0.5, 0.6) is 5.75 Å². The fourth-order valence-electron chi connectivity index (χ4n) is 2.54. The van der Waals surface area contributed by atoms with Crippen LogP contribution in [0.25, 0.3) is 0 Å². The van der Waals surface area contributed by atoms with Crippen molar-refractivity contribution in [1.29, 1.82) is 0 Å². The van der Waals surface area contributed by atoms with Crippen molar-refractivity contribution in [1.82, 2.24) is 5.01 Å². The highest BCUT2D eigenvalue weighted by Gasteiger charge is 2.15. The molecule has 1 aliphatic heterocycles. The molecule has 6 heteroatoms. The van der Waals surface area contributed by atoms with Gasteiger partial charge in [-0.15, -0.1) is 0 Å². The van der Waals surface area contributed by atoms with Gasteiger partial charge in [-0.2, -0.15) is 5.10 Å². The van der Waals surface area contributed by atoms with Crippen LogP contribution in [0.1, 0.15) is 5.56 Å². The molecule has 0 radical (unpaired) electrons.